The molecular formula is C9H6FIN2O2. The number of benzene rings is 1. The predicted octanol–water partition coefficient (Wildman–Crippen LogP) is 2.49. The van der Waals surface area contributed by atoms with E-state index in [0.717, 1.165) is 0 Å². The molecule has 0 bridgehead atoms. The summed E-state index contributed by atoms with van der Waals surface area (Å²) in [6.45, 7) is 0. The van der Waals surface area contributed by atoms with Gasteiger partial charge in [-0.3, -0.25) is 0 Å². The lowest BCUT2D eigenvalue weighted by Gasteiger charge is -2.01. The van der Waals surface area contributed by atoms with Crippen LogP contribution in [0.3, 0.4) is 0 Å². The topological polar surface area (TPSA) is 48.2 Å². The molecule has 0 atom stereocenters. The van der Waals surface area contributed by atoms with Crippen LogP contribution in [0.2, 0.25) is 0 Å². The first-order chi connectivity index (χ1) is 7.20. The second kappa shape index (κ2) is 4.13. The third-order valence-electron chi connectivity index (χ3n) is 1.80. The molecule has 4 nitrogen and oxygen atoms in total. The molecule has 0 saturated carbocycles. The zero-order chi connectivity index (χ0) is 10.8. The summed E-state index contributed by atoms with van der Waals surface area (Å²) in [5.41, 5.74) is 0.628. The minimum absolute atomic E-state index is 0.153. The van der Waals surface area contributed by atoms with Gasteiger partial charge in [-0.25, -0.2) is 4.39 Å². The lowest BCUT2D eigenvalue weighted by atomic mass is 10.2. The smallest absolute Gasteiger partial charge is 0.258 e. The van der Waals surface area contributed by atoms with Gasteiger partial charge in [0.05, 0.1) is 7.11 Å². The zero-order valence-electron chi connectivity index (χ0n) is 7.70. The summed E-state index contributed by atoms with van der Waals surface area (Å²) in [6, 6.07) is 4.37. The molecule has 0 amide bonds. The number of ether oxygens (including phenoxy) is 1. The van der Waals surface area contributed by atoms with E-state index in [4.69, 9.17) is 9.26 Å². The molecule has 0 N–H and O–H groups in total. The molecule has 78 valence electrons. The predicted molar refractivity (Wildman–Crippen MR) is 59.0 cm³/mol. The summed E-state index contributed by atoms with van der Waals surface area (Å²) < 4.78 is 23.4. The highest BCUT2D eigenvalue weighted by atomic mass is 127. The zero-order valence-corrected chi connectivity index (χ0v) is 9.86. The van der Waals surface area contributed by atoms with Gasteiger partial charge in [-0.2, -0.15) is 4.98 Å². The van der Waals surface area contributed by atoms with Crippen LogP contribution in [0.15, 0.2) is 22.7 Å². The van der Waals surface area contributed by atoms with Crippen LogP contribution in [0.25, 0.3) is 11.5 Å². The summed E-state index contributed by atoms with van der Waals surface area (Å²) in [6.07, 6.45) is 0. The van der Waals surface area contributed by atoms with Gasteiger partial charge in [0.15, 0.2) is 11.6 Å². The van der Waals surface area contributed by atoms with Crippen molar-refractivity contribution in [3.05, 3.63) is 27.8 Å². The maximum Gasteiger partial charge on any atom is 0.258 e. The van der Waals surface area contributed by atoms with Gasteiger partial charge in [0, 0.05) is 28.2 Å². The number of hydrogen-bond acceptors (Lipinski definition) is 4. The lowest BCUT2D eigenvalue weighted by Crippen LogP contribution is -1.88. The number of nitrogens with zero attached hydrogens (tertiary/aromatic N) is 2. The van der Waals surface area contributed by atoms with Crippen molar-refractivity contribution in [3.63, 3.8) is 0 Å². The molecule has 1 aromatic carbocycles. The van der Waals surface area contributed by atoms with Crippen molar-refractivity contribution < 1.29 is 13.7 Å². The Hall–Kier alpha value is -1.18. The fraction of sp³-hybridized carbons (Fsp3) is 0.111. The van der Waals surface area contributed by atoms with Crippen molar-refractivity contribution in [3.8, 4) is 17.2 Å². The highest BCUT2D eigenvalue weighted by Crippen LogP contribution is 2.25. The molecule has 15 heavy (non-hydrogen) atoms. The Morgan fingerprint density at radius 3 is 2.87 bits per heavy atom. The van der Waals surface area contributed by atoms with Crippen LogP contribution in [-0.2, 0) is 0 Å². The summed E-state index contributed by atoms with van der Waals surface area (Å²) in [7, 11) is 1.40. The number of hydrogen-bond donors (Lipinski definition) is 0. The average Bonchev–Trinajstić information content (AvgIpc) is 2.66. The van der Waals surface area contributed by atoms with Gasteiger partial charge in [0.1, 0.15) is 0 Å². The van der Waals surface area contributed by atoms with Crippen molar-refractivity contribution in [2.45, 2.75) is 0 Å². The first-order valence-corrected chi connectivity index (χ1v) is 5.11. The first-order valence-electron chi connectivity index (χ1n) is 4.04. The second-order valence-electron chi connectivity index (χ2n) is 2.72. The molecule has 0 radical (unpaired) electrons. The minimum Gasteiger partial charge on any atom is -0.494 e. The molecule has 0 unspecified atom stereocenters. The highest BCUT2D eigenvalue weighted by Gasteiger charge is 2.10. The van der Waals surface area contributed by atoms with Crippen molar-refractivity contribution in [2.75, 3.05) is 7.11 Å². The van der Waals surface area contributed by atoms with Crippen LogP contribution in [0.4, 0.5) is 4.39 Å². The Bertz CT molecular complexity index is 487. The molecule has 0 fully saturated rings. The number of methoxy groups -OCH3 is 1. The third kappa shape index (κ3) is 2.09. The molecule has 0 aliphatic heterocycles. The SMILES string of the molecule is COc1cc(-c2nc(I)no2)ccc1F. The Labute approximate surface area is 98.6 Å². The van der Waals surface area contributed by atoms with E-state index < -0.39 is 5.82 Å². The monoisotopic (exact) mass is 320 g/mol. The van der Waals surface area contributed by atoms with Crippen LogP contribution < -0.4 is 4.74 Å². The molecule has 1 aromatic heterocycles. The largest absolute Gasteiger partial charge is 0.494 e. The van der Waals surface area contributed by atoms with E-state index in [-0.39, 0.29) is 5.75 Å². The van der Waals surface area contributed by atoms with Crippen LogP contribution in [0, 0.1) is 9.65 Å². The van der Waals surface area contributed by atoms with E-state index >= 15 is 0 Å². The van der Waals surface area contributed by atoms with Crippen LogP contribution >= 0.6 is 22.6 Å². The Kier molecular flexibility index (Phi) is 2.85. The van der Waals surface area contributed by atoms with Crippen molar-refractivity contribution in [1.29, 1.82) is 0 Å². The second-order valence-corrected chi connectivity index (χ2v) is 3.68. The molecule has 2 aromatic rings. The van der Waals surface area contributed by atoms with E-state index in [2.05, 4.69) is 10.1 Å². The van der Waals surface area contributed by atoms with Crippen LogP contribution in [-0.4, -0.2) is 17.3 Å². The number of aromatic nitrogens is 2. The van der Waals surface area contributed by atoms with E-state index in [1.807, 2.05) is 22.6 Å². The van der Waals surface area contributed by atoms with Gasteiger partial charge >= 0.3 is 0 Å². The Balaban J connectivity index is 2.45. The Morgan fingerprint density at radius 2 is 2.27 bits per heavy atom. The molecular weight excluding hydrogens is 314 g/mol. The first kappa shape index (κ1) is 10.3. The maximum atomic E-state index is 13.1. The number of halogens is 2. The fourth-order valence-electron chi connectivity index (χ4n) is 1.12. The molecule has 2 rings (SSSR count). The van der Waals surface area contributed by atoms with Crippen molar-refractivity contribution >= 4 is 22.6 Å². The summed E-state index contributed by atoms with van der Waals surface area (Å²) >= 11 is 1.93. The normalized spacial score (nSPS) is 10.3. The maximum absolute atomic E-state index is 13.1. The van der Waals surface area contributed by atoms with Crippen LogP contribution in [0.5, 0.6) is 5.75 Å². The van der Waals surface area contributed by atoms with E-state index in [1.54, 1.807) is 6.07 Å². The highest BCUT2D eigenvalue weighted by molar-refractivity contribution is 14.1. The van der Waals surface area contributed by atoms with Gasteiger partial charge in [-0.1, -0.05) is 5.16 Å². The minimum atomic E-state index is -0.421. The summed E-state index contributed by atoms with van der Waals surface area (Å²) in [4.78, 5) is 4.02. The van der Waals surface area contributed by atoms with E-state index in [1.165, 1.54) is 19.2 Å². The van der Waals surface area contributed by atoms with Crippen LogP contribution in [0.1, 0.15) is 0 Å². The Morgan fingerprint density at radius 1 is 1.47 bits per heavy atom. The summed E-state index contributed by atoms with van der Waals surface area (Å²) in [5, 5.41) is 3.64. The lowest BCUT2D eigenvalue weighted by molar-refractivity contribution is 0.386. The van der Waals surface area contributed by atoms with Crippen molar-refractivity contribution in [1.82, 2.24) is 10.1 Å². The van der Waals surface area contributed by atoms with Gasteiger partial charge in [-0.05, 0) is 18.2 Å². The fourth-order valence-corrected chi connectivity index (χ4v) is 1.43. The van der Waals surface area contributed by atoms with Gasteiger partial charge in [0.2, 0.25) is 3.83 Å². The number of rotatable bonds is 2. The molecule has 0 aliphatic rings. The molecule has 0 saturated heterocycles. The third-order valence-corrected chi connectivity index (χ3v) is 2.24. The summed E-state index contributed by atoms with van der Waals surface area (Å²) in [5.74, 6) is 0.0777. The van der Waals surface area contributed by atoms with Crippen molar-refractivity contribution in [2.24, 2.45) is 0 Å². The van der Waals surface area contributed by atoms with E-state index in [0.29, 0.717) is 15.3 Å². The van der Waals surface area contributed by atoms with E-state index in [9.17, 15) is 4.39 Å². The standard InChI is InChI=1S/C9H6FIN2O2/c1-14-7-4-5(2-3-6(7)10)8-12-9(11)13-15-8/h2-4H,1H3. The molecule has 0 aliphatic carbocycles. The quantitative estimate of drug-likeness (QED) is 0.798. The van der Waals surface area contributed by atoms with Gasteiger partial charge in [-0.15, -0.1) is 0 Å². The van der Waals surface area contributed by atoms with Gasteiger partial charge < -0.3 is 9.26 Å². The molecule has 1 heterocycles. The molecule has 6 heteroatoms. The van der Waals surface area contributed by atoms with Gasteiger partial charge in [0.25, 0.3) is 5.89 Å². The molecule has 0 spiro atoms. The average molecular weight is 320 g/mol.